The van der Waals surface area contributed by atoms with E-state index in [1.165, 1.54) is 6.92 Å². The maximum atomic E-state index is 11.4. The minimum Gasteiger partial charge on any atom is -0.493 e. The van der Waals surface area contributed by atoms with Crippen LogP contribution in [0.3, 0.4) is 0 Å². The summed E-state index contributed by atoms with van der Waals surface area (Å²) in [7, 11) is 0. The van der Waals surface area contributed by atoms with Crippen molar-refractivity contribution in [3.63, 3.8) is 0 Å². The van der Waals surface area contributed by atoms with E-state index >= 15 is 0 Å². The summed E-state index contributed by atoms with van der Waals surface area (Å²) < 4.78 is 5.22. The summed E-state index contributed by atoms with van der Waals surface area (Å²) in [6, 6.07) is 3.16. The Balaban J connectivity index is 3.49. The van der Waals surface area contributed by atoms with Gasteiger partial charge in [-0.2, -0.15) is 0 Å². The van der Waals surface area contributed by atoms with Crippen molar-refractivity contribution in [1.82, 2.24) is 0 Å². The Kier molecular flexibility index (Phi) is 3.60. The molecular weight excluding hydrogens is 210 g/mol. The number of nitrogens with zero attached hydrogens (tertiary/aromatic N) is 1. The highest BCUT2D eigenvalue weighted by Crippen LogP contribution is 2.32. The van der Waals surface area contributed by atoms with Crippen molar-refractivity contribution < 1.29 is 14.5 Å². The molecule has 1 rings (SSSR count). The average Bonchev–Trinajstić information content (AvgIpc) is 2.19. The Labute approximate surface area is 93.2 Å². The van der Waals surface area contributed by atoms with E-state index in [4.69, 9.17) is 4.74 Å². The predicted octanol–water partition coefficient (Wildman–Crippen LogP) is 2.50. The van der Waals surface area contributed by atoms with Gasteiger partial charge in [0.05, 0.1) is 11.5 Å². The SMILES string of the molecule is CCOc1ccc(C)c([N+](=O)[O-])c1C(C)=O. The minimum absolute atomic E-state index is 0.0480. The van der Waals surface area contributed by atoms with Crippen molar-refractivity contribution >= 4 is 11.5 Å². The fourth-order valence-corrected chi connectivity index (χ4v) is 1.53. The molecule has 5 nitrogen and oxygen atoms in total. The summed E-state index contributed by atoms with van der Waals surface area (Å²) in [5, 5.41) is 10.9. The second kappa shape index (κ2) is 4.74. The van der Waals surface area contributed by atoms with Crippen LogP contribution in [-0.4, -0.2) is 17.3 Å². The molecule has 1 aromatic carbocycles. The Hall–Kier alpha value is -1.91. The summed E-state index contributed by atoms with van der Waals surface area (Å²) >= 11 is 0. The van der Waals surface area contributed by atoms with E-state index in [-0.39, 0.29) is 22.8 Å². The van der Waals surface area contributed by atoms with Gasteiger partial charge in [0.15, 0.2) is 5.78 Å². The third-order valence-electron chi connectivity index (χ3n) is 2.18. The highest BCUT2D eigenvalue weighted by Gasteiger charge is 2.24. The molecule has 0 aliphatic carbocycles. The van der Waals surface area contributed by atoms with Gasteiger partial charge in [0.1, 0.15) is 11.3 Å². The standard InChI is InChI=1S/C11H13NO4/c1-4-16-9-6-5-7(2)11(12(14)15)10(9)8(3)13/h5-6H,4H2,1-3H3. The zero-order chi connectivity index (χ0) is 12.3. The number of Topliss-reactive ketones (excluding diaryl/α,β-unsaturated/α-hetero) is 1. The van der Waals surface area contributed by atoms with Crippen LogP contribution in [-0.2, 0) is 0 Å². The number of carbonyl (C=O) groups is 1. The van der Waals surface area contributed by atoms with Crippen molar-refractivity contribution in [2.45, 2.75) is 20.8 Å². The lowest BCUT2D eigenvalue weighted by atomic mass is 10.0. The Bertz CT molecular complexity index is 440. The molecule has 0 aliphatic heterocycles. The van der Waals surface area contributed by atoms with Gasteiger partial charge >= 0.3 is 0 Å². The lowest BCUT2D eigenvalue weighted by Gasteiger charge is -2.09. The molecule has 0 heterocycles. The molecule has 0 aromatic heterocycles. The van der Waals surface area contributed by atoms with E-state index in [1.54, 1.807) is 26.0 Å². The fourth-order valence-electron chi connectivity index (χ4n) is 1.53. The number of carbonyl (C=O) groups excluding carboxylic acids is 1. The highest BCUT2D eigenvalue weighted by atomic mass is 16.6. The molecule has 86 valence electrons. The number of nitro benzene ring substituents is 1. The summed E-state index contributed by atoms with van der Waals surface area (Å²) in [5.41, 5.74) is 0.337. The molecule has 0 amide bonds. The molecule has 0 N–H and O–H groups in total. The molecule has 0 saturated carbocycles. The molecule has 0 saturated heterocycles. The first kappa shape index (κ1) is 12.2. The second-order valence-electron chi connectivity index (χ2n) is 3.35. The molecule has 16 heavy (non-hydrogen) atoms. The van der Waals surface area contributed by atoms with Crippen LogP contribution in [0.4, 0.5) is 5.69 Å². The van der Waals surface area contributed by atoms with Crippen LogP contribution in [0.25, 0.3) is 0 Å². The quantitative estimate of drug-likeness (QED) is 0.446. The number of hydrogen-bond donors (Lipinski definition) is 0. The van der Waals surface area contributed by atoms with Crippen molar-refractivity contribution in [1.29, 1.82) is 0 Å². The molecule has 0 bridgehead atoms. The van der Waals surface area contributed by atoms with Crippen LogP contribution in [0.5, 0.6) is 5.75 Å². The predicted molar refractivity (Wildman–Crippen MR) is 59.0 cm³/mol. The maximum absolute atomic E-state index is 11.4. The molecule has 0 atom stereocenters. The zero-order valence-corrected chi connectivity index (χ0v) is 9.44. The van der Waals surface area contributed by atoms with Gasteiger partial charge in [0.2, 0.25) is 0 Å². The summed E-state index contributed by atoms with van der Waals surface area (Å²) in [6.07, 6.45) is 0. The van der Waals surface area contributed by atoms with Crippen LogP contribution in [0.1, 0.15) is 29.8 Å². The first-order valence-electron chi connectivity index (χ1n) is 4.90. The molecule has 1 aromatic rings. The first-order chi connectivity index (χ1) is 7.49. The zero-order valence-electron chi connectivity index (χ0n) is 9.44. The van der Waals surface area contributed by atoms with E-state index in [0.29, 0.717) is 12.2 Å². The number of ketones is 1. The van der Waals surface area contributed by atoms with E-state index < -0.39 is 4.92 Å². The lowest BCUT2D eigenvalue weighted by Crippen LogP contribution is -2.06. The molecule has 0 aliphatic rings. The van der Waals surface area contributed by atoms with Gasteiger partial charge in [-0.25, -0.2) is 0 Å². The highest BCUT2D eigenvalue weighted by molar-refractivity contribution is 6.01. The normalized spacial score (nSPS) is 9.94. The minimum atomic E-state index is -0.547. The molecule has 0 unspecified atom stereocenters. The monoisotopic (exact) mass is 223 g/mol. The second-order valence-corrected chi connectivity index (χ2v) is 3.35. The van der Waals surface area contributed by atoms with Crippen molar-refractivity contribution in [3.05, 3.63) is 33.4 Å². The van der Waals surface area contributed by atoms with Gasteiger partial charge in [-0.15, -0.1) is 0 Å². The molecule has 5 heteroatoms. The average molecular weight is 223 g/mol. The van der Waals surface area contributed by atoms with Gasteiger partial charge in [-0.05, 0) is 32.9 Å². The number of hydrogen-bond acceptors (Lipinski definition) is 4. The van der Waals surface area contributed by atoms with E-state index in [0.717, 1.165) is 0 Å². The number of aryl methyl sites for hydroxylation is 1. The van der Waals surface area contributed by atoms with Gasteiger partial charge in [0.25, 0.3) is 5.69 Å². The van der Waals surface area contributed by atoms with E-state index in [9.17, 15) is 14.9 Å². The molecule has 0 spiro atoms. The van der Waals surface area contributed by atoms with E-state index in [2.05, 4.69) is 0 Å². The van der Waals surface area contributed by atoms with Crippen molar-refractivity contribution in [2.75, 3.05) is 6.61 Å². The fraction of sp³-hybridized carbons (Fsp3) is 0.364. The summed E-state index contributed by atoms with van der Waals surface area (Å²) in [6.45, 7) is 5.01. The number of ether oxygens (including phenoxy) is 1. The number of benzene rings is 1. The van der Waals surface area contributed by atoms with Gasteiger partial charge in [0, 0.05) is 5.56 Å². The van der Waals surface area contributed by atoms with Crippen LogP contribution < -0.4 is 4.74 Å². The Morgan fingerprint density at radius 1 is 1.50 bits per heavy atom. The van der Waals surface area contributed by atoms with Gasteiger partial charge in [-0.3, -0.25) is 14.9 Å². The number of rotatable bonds is 4. The lowest BCUT2D eigenvalue weighted by molar-refractivity contribution is -0.385. The van der Waals surface area contributed by atoms with Crippen molar-refractivity contribution in [2.24, 2.45) is 0 Å². The topological polar surface area (TPSA) is 69.4 Å². The Morgan fingerprint density at radius 3 is 2.56 bits per heavy atom. The molecule has 0 fully saturated rings. The van der Waals surface area contributed by atoms with Crippen LogP contribution in [0.15, 0.2) is 12.1 Å². The van der Waals surface area contributed by atoms with Crippen LogP contribution in [0.2, 0.25) is 0 Å². The van der Waals surface area contributed by atoms with Crippen LogP contribution in [0, 0.1) is 17.0 Å². The van der Waals surface area contributed by atoms with Gasteiger partial charge in [-0.1, -0.05) is 0 Å². The number of nitro groups is 1. The van der Waals surface area contributed by atoms with E-state index in [1.807, 2.05) is 0 Å². The molecule has 0 radical (unpaired) electrons. The van der Waals surface area contributed by atoms with Crippen molar-refractivity contribution in [3.8, 4) is 5.75 Å². The maximum Gasteiger partial charge on any atom is 0.286 e. The summed E-state index contributed by atoms with van der Waals surface area (Å²) in [4.78, 5) is 21.8. The Morgan fingerprint density at radius 2 is 2.12 bits per heavy atom. The largest absolute Gasteiger partial charge is 0.493 e. The third kappa shape index (κ3) is 2.18. The smallest absolute Gasteiger partial charge is 0.286 e. The first-order valence-corrected chi connectivity index (χ1v) is 4.90. The van der Waals surface area contributed by atoms with Crippen LogP contribution >= 0.6 is 0 Å². The van der Waals surface area contributed by atoms with Gasteiger partial charge < -0.3 is 4.74 Å². The summed E-state index contributed by atoms with van der Waals surface area (Å²) in [5.74, 6) is -0.0915. The third-order valence-corrected chi connectivity index (χ3v) is 2.18. The molecular formula is C11H13NO4.